The van der Waals surface area contributed by atoms with Crippen LogP contribution in [0.3, 0.4) is 0 Å². The van der Waals surface area contributed by atoms with Crippen molar-refractivity contribution in [2.75, 3.05) is 6.61 Å². The van der Waals surface area contributed by atoms with Crippen LogP contribution in [0.1, 0.15) is 130 Å². The lowest BCUT2D eigenvalue weighted by atomic mass is 9.95. The fraction of sp³-hybridized carbons (Fsp3) is 0.957. The Morgan fingerprint density at radius 3 is 1.54 bits per heavy atom. The lowest BCUT2D eigenvalue weighted by Crippen LogP contribution is -2.46. The highest BCUT2D eigenvalue weighted by Gasteiger charge is 2.29. The summed E-state index contributed by atoms with van der Waals surface area (Å²) in [4.78, 5) is 12.1. The van der Waals surface area contributed by atoms with Crippen molar-refractivity contribution in [3.05, 3.63) is 0 Å². The van der Waals surface area contributed by atoms with E-state index in [2.05, 4.69) is 13.8 Å². The van der Waals surface area contributed by atoms with Gasteiger partial charge in [0, 0.05) is 0 Å². The number of esters is 1. The van der Waals surface area contributed by atoms with Gasteiger partial charge in [-0.1, -0.05) is 110 Å². The summed E-state index contributed by atoms with van der Waals surface area (Å²) in [6, 6.07) is 0. The summed E-state index contributed by atoms with van der Waals surface area (Å²) in [5.74, 6) is -0.220. The van der Waals surface area contributed by atoms with Gasteiger partial charge < -0.3 is 10.5 Å². The van der Waals surface area contributed by atoms with Crippen molar-refractivity contribution in [2.45, 2.75) is 135 Å². The molecule has 156 valence electrons. The summed E-state index contributed by atoms with van der Waals surface area (Å²) in [5.41, 5.74) is 5.34. The van der Waals surface area contributed by atoms with Crippen LogP contribution < -0.4 is 5.73 Å². The largest absolute Gasteiger partial charge is 0.464 e. The number of nitrogens with two attached hydrogens (primary N) is 1. The molecule has 0 aliphatic rings. The minimum Gasteiger partial charge on any atom is -0.464 e. The van der Waals surface area contributed by atoms with Gasteiger partial charge in [0.1, 0.15) is 5.54 Å². The molecule has 2 N–H and O–H groups in total. The Hall–Kier alpha value is -0.570. The first-order chi connectivity index (χ1) is 12.5. The van der Waals surface area contributed by atoms with Gasteiger partial charge >= 0.3 is 5.97 Å². The van der Waals surface area contributed by atoms with Crippen LogP contribution in [0.25, 0.3) is 0 Å². The number of carbonyl (C=O) groups is 1. The molecule has 0 bridgehead atoms. The first kappa shape index (κ1) is 25.4. The van der Waals surface area contributed by atoms with Crippen molar-refractivity contribution < 1.29 is 9.53 Å². The molecule has 0 fully saturated rings. The van der Waals surface area contributed by atoms with Crippen molar-refractivity contribution in [3.63, 3.8) is 0 Å². The standard InChI is InChI=1S/C23H47NO2/c1-4-6-8-10-12-13-14-15-17-19-21-26-22(25)23(3,24)20-18-16-11-9-7-5-2/h4-21,24H2,1-3H3/t23-/m1/s1. The Kier molecular flexibility index (Phi) is 17.4. The maximum atomic E-state index is 12.1. The SMILES string of the molecule is CCCCCCCCCCCCOC(=O)[C@](C)(N)CCCCCCCC. The molecule has 0 aromatic rings. The Bertz CT molecular complexity index is 315. The Labute approximate surface area is 163 Å². The van der Waals surface area contributed by atoms with E-state index in [0.29, 0.717) is 6.61 Å². The van der Waals surface area contributed by atoms with Gasteiger partial charge in [-0.2, -0.15) is 0 Å². The fourth-order valence-corrected chi connectivity index (χ4v) is 3.29. The Balaban J connectivity index is 3.50. The molecule has 0 saturated carbocycles. The van der Waals surface area contributed by atoms with Crippen molar-refractivity contribution in [1.82, 2.24) is 0 Å². The quantitative estimate of drug-likeness (QED) is 0.198. The molecule has 0 radical (unpaired) electrons. The average Bonchev–Trinajstić information content (AvgIpc) is 2.62. The van der Waals surface area contributed by atoms with Crippen molar-refractivity contribution in [2.24, 2.45) is 5.73 Å². The maximum Gasteiger partial charge on any atom is 0.325 e. The van der Waals surface area contributed by atoms with Gasteiger partial charge in [0.15, 0.2) is 0 Å². The summed E-state index contributed by atoms with van der Waals surface area (Å²) >= 11 is 0. The number of hydrogen-bond acceptors (Lipinski definition) is 3. The molecular formula is C23H47NO2. The van der Waals surface area contributed by atoms with Gasteiger partial charge in [-0.3, -0.25) is 4.79 Å². The summed E-state index contributed by atoms with van der Waals surface area (Å²) < 4.78 is 5.41. The number of unbranched alkanes of at least 4 members (excludes halogenated alkanes) is 14. The van der Waals surface area contributed by atoms with E-state index < -0.39 is 5.54 Å². The molecule has 0 rings (SSSR count). The zero-order valence-corrected chi connectivity index (χ0v) is 18.1. The Morgan fingerprint density at radius 2 is 1.08 bits per heavy atom. The minimum atomic E-state index is -0.816. The van der Waals surface area contributed by atoms with Crippen LogP contribution in [0.5, 0.6) is 0 Å². The third kappa shape index (κ3) is 15.7. The zero-order chi connectivity index (χ0) is 19.5. The van der Waals surface area contributed by atoms with Gasteiger partial charge in [-0.15, -0.1) is 0 Å². The molecule has 26 heavy (non-hydrogen) atoms. The lowest BCUT2D eigenvalue weighted by molar-refractivity contribution is -0.150. The topological polar surface area (TPSA) is 52.3 Å². The van der Waals surface area contributed by atoms with E-state index in [1.807, 2.05) is 6.92 Å². The molecule has 0 saturated heterocycles. The van der Waals surface area contributed by atoms with Crippen LogP contribution in [0.4, 0.5) is 0 Å². The third-order valence-electron chi connectivity index (χ3n) is 5.25. The Morgan fingerprint density at radius 1 is 0.692 bits per heavy atom. The summed E-state index contributed by atoms with van der Waals surface area (Å²) in [6.07, 6.45) is 20.9. The predicted molar refractivity (Wildman–Crippen MR) is 113 cm³/mol. The number of ether oxygens (including phenoxy) is 1. The molecule has 0 aliphatic carbocycles. The first-order valence-corrected chi connectivity index (χ1v) is 11.5. The summed E-state index contributed by atoms with van der Waals surface area (Å²) in [6.45, 7) is 6.83. The van der Waals surface area contributed by atoms with Gasteiger partial charge in [-0.05, 0) is 19.8 Å². The van der Waals surface area contributed by atoms with Crippen molar-refractivity contribution in [3.8, 4) is 0 Å². The number of carbonyl (C=O) groups excluding carboxylic acids is 1. The highest BCUT2D eigenvalue weighted by Crippen LogP contribution is 2.16. The van der Waals surface area contributed by atoms with Crippen LogP contribution in [-0.2, 0) is 9.53 Å². The number of hydrogen-bond donors (Lipinski definition) is 1. The third-order valence-corrected chi connectivity index (χ3v) is 5.25. The molecule has 3 heteroatoms. The van der Waals surface area contributed by atoms with Gasteiger partial charge in [-0.25, -0.2) is 0 Å². The van der Waals surface area contributed by atoms with Crippen molar-refractivity contribution in [1.29, 1.82) is 0 Å². The van der Waals surface area contributed by atoms with Crippen molar-refractivity contribution >= 4 is 5.97 Å². The second-order valence-electron chi connectivity index (χ2n) is 8.25. The van der Waals surface area contributed by atoms with Crippen LogP contribution in [0, 0.1) is 0 Å². The summed E-state index contributed by atoms with van der Waals surface area (Å²) in [5, 5.41) is 0. The fourth-order valence-electron chi connectivity index (χ4n) is 3.29. The van der Waals surface area contributed by atoms with E-state index in [9.17, 15) is 4.79 Å². The van der Waals surface area contributed by atoms with Gasteiger partial charge in [0.05, 0.1) is 6.61 Å². The normalized spacial score (nSPS) is 13.5. The van der Waals surface area contributed by atoms with Gasteiger partial charge in [0.2, 0.25) is 0 Å². The molecule has 0 amide bonds. The van der Waals surface area contributed by atoms with E-state index >= 15 is 0 Å². The smallest absolute Gasteiger partial charge is 0.325 e. The van der Waals surface area contributed by atoms with Crippen LogP contribution in [0.2, 0.25) is 0 Å². The highest BCUT2D eigenvalue weighted by atomic mass is 16.5. The van der Waals surface area contributed by atoms with E-state index in [4.69, 9.17) is 10.5 Å². The van der Waals surface area contributed by atoms with Crippen LogP contribution >= 0.6 is 0 Å². The van der Waals surface area contributed by atoms with Crippen LogP contribution in [0.15, 0.2) is 0 Å². The average molecular weight is 370 g/mol. The van der Waals surface area contributed by atoms with Gasteiger partial charge in [0.25, 0.3) is 0 Å². The highest BCUT2D eigenvalue weighted by molar-refractivity contribution is 5.79. The van der Waals surface area contributed by atoms with E-state index in [0.717, 1.165) is 25.7 Å². The van der Waals surface area contributed by atoms with E-state index in [-0.39, 0.29) is 5.97 Å². The molecule has 1 atom stereocenters. The molecular weight excluding hydrogens is 322 g/mol. The maximum absolute atomic E-state index is 12.1. The van der Waals surface area contributed by atoms with E-state index in [1.165, 1.54) is 83.5 Å². The lowest BCUT2D eigenvalue weighted by Gasteiger charge is -2.22. The monoisotopic (exact) mass is 369 g/mol. The molecule has 0 aromatic carbocycles. The predicted octanol–water partition coefficient (Wildman–Crippen LogP) is 6.92. The molecule has 0 spiro atoms. The number of rotatable bonds is 19. The second-order valence-corrected chi connectivity index (χ2v) is 8.25. The van der Waals surface area contributed by atoms with Crippen LogP contribution in [-0.4, -0.2) is 18.1 Å². The molecule has 0 unspecified atom stereocenters. The molecule has 0 aromatic heterocycles. The first-order valence-electron chi connectivity index (χ1n) is 11.5. The minimum absolute atomic E-state index is 0.220. The molecule has 0 heterocycles. The van der Waals surface area contributed by atoms with E-state index in [1.54, 1.807) is 0 Å². The molecule has 3 nitrogen and oxygen atoms in total. The summed E-state index contributed by atoms with van der Waals surface area (Å²) in [7, 11) is 0. The zero-order valence-electron chi connectivity index (χ0n) is 18.1. The second kappa shape index (κ2) is 17.8. The molecule has 0 aliphatic heterocycles.